The van der Waals surface area contributed by atoms with Crippen LogP contribution in [-0.2, 0) is 6.42 Å². The molecule has 1 aromatic carbocycles. The van der Waals surface area contributed by atoms with Crippen LogP contribution >= 0.6 is 0 Å². The Balaban J connectivity index is 1.72. The van der Waals surface area contributed by atoms with E-state index in [4.69, 9.17) is 10.3 Å². The van der Waals surface area contributed by atoms with Gasteiger partial charge in [0.25, 0.3) is 0 Å². The summed E-state index contributed by atoms with van der Waals surface area (Å²) in [5.74, 6) is 0.00404. The van der Waals surface area contributed by atoms with Gasteiger partial charge in [-0.15, -0.1) is 0 Å². The maximum absolute atomic E-state index is 13.2. The van der Waals surface area contributed by atoms with Crippen LogP contribution in [0.2, 0.25) is 0 Å². The third kappa shape index (κ3) is 3.44. The molecule has 6 heteroatoms. The third-order valence-electron chi connectivity index (χ3n) is 3.83. The second-order valence-corrected chi connectivity index (χ2v) is 5.63. The zero-order chi connectivity index (χ0) is 14.8. The van der Waals surface area contributed by atoms with Gasteiger partial charge in [-0.3, -0.25) is 0 Å². The lowest BCUT2D eigenvalue weighted by atomic mass is 9.86. The van der Waals surface area contributed by atoms with E-state index in [1.807, 2.05) is 0 Å². The van der Waals surface area contributed by atoms with Crippen LogP contribution in [0, 0.1) is 11.6 Å². The molecule has 0 saturated heterocycles. The minimum Gasteiger partial charge on any atom is -0.339 e. The van der Waals surface area contributed by atoms with Crippen LogP contribution in [0.4, 0.5) is 8.78 Å². The van der Waals surface area contributed by atoms with E-state index in [1.165, 1.54) is 12.1 Å². The van der Waals surface area contributed by atoms with E-state index in [0.29, 0.717) is 17.3 Å². The molecule has 2 unspecified atom stereocenters. The van der Waals surface area contributed by atoms with Gasteiger partial charge in [-0.05, 0) is 37.0 Å². The van der Waals surface area contributed by atoms with Gasteiger partial charge in [-0.2, -0.15) is 4.98 Å². The highest BCUT2D eigenvalue weighted by atomic mass is 19.1. The van der Waals surface area contributed by atoms with Crippen molar-refractivity contribution in [2.45, 2.75) is 44.1 Å². The van der Waals surface area contributed by atoms with Crippen LogP contribution < -0.4 is 5.73 Å². The van der Waals surface area contributed by atoms with Gasteiger partial charge < -0.3 is 10.3 Å². The zero-order valence-corrected chi connectivity index (χ0v) is 11.6. The Morgan fingerprint density at radius 3 is 2.67 bits per heavy atom. The summed E-state index contributed by atoms with van der Waals surface area (Å²) in [4.78, 5) is 4.34. The van der Waals surface area contributed by atoms with Gasteiger partial charge in [0.1, 0.15) is 11.6 Å². The summed E-state index contributed by atoms with van der Waals surface area (Å²) < 4.78 is 31.6. The SMILES string of the molecule is NC1CCCC(c2nc(Cc3cc(F)cc(F)c3)no2)C1. The number of halogens is 2. The Morgan fingerprint density at radius 2 is 1.95 bits per heavy atom. The first-order chi connectivity index (χ1) is 10.1. The van der Waals surface area contributed by atoms with E-state index in [9.17, 15) is 8.78 Å². The molecule has 1 fully saturated rings. The number of rotatable bonds is 3. The molecule has 1 heterocycles. The highest BCUT2D eigenvalue weighted by molar-refractivity contribution is 5.21. The highest BCUT2D eigenvalue weighted by Gasteiger charge is 2.25. The molecule has 4 nitrogen and oxygen atoms in total. The van der Waals surface area contributed by atoms with E-state index in [-0.39, 0.29) is 18.4 Å². The average Bonchev–Trinajstić information content (AvgIpc) is 2.86. The van der Waals surface area contributed by atoms with E-state index in [1.54, 1.807) is 0 Å². The molecule has 1 aromatic heterocycles. The number of nitrogens with two attached hydrogens (primary N) is 1. The van der Waals surface area contributed by atoms with Gasteiger partial charge in [0.05, 0.1) is 0 Å². The molecular weight excluding hydrogens is 276 g/mol. The first-order valence-electron chi connectivity index (χ1n) is 7.13. The van der Waals surface area contributed by atoms with E-state index in [2.05, 4.69) is 10.1 Å². The van der Waals surface area contributed by atoms with Gasteiger partial charge in [0.15, 0.2) is 5.82 Å². The van der Waals surface area contributed by atoms with Crippen LogP contribution in [0.1, 0.15) is 48.9 Å². The summed E-state index contributed by atoms with van der Waals surface area (Å²) in [5.41, 5.74) is 6.44. The molecule has 112 valence electrons. The second-order valence-electron chi connectivity index (χ2n) is 5.63. The summed E-state index contributed by atoms with van der Waals surface area (Å²) in [6.45, 7) is 0. The number of benzene rings is 1. The predicted octanol–water partition coefficient (Wildman–Crippen LogP) is 2.92. The quantitative estimate of drug-likeness (QED) is 0.945. The van der Waals surface area contributed by atoms with Crippen molar-refractivity contribution in [2.24, 2.45) is 5.73 Å². The maximum atomic E-state index is 13.2. The van der Waals surface area contributed by atoms with E-state index < -0.39 is 11.6 Å². The van der Waals surface area contributed by atoms with Crippen LogP contribution in [0.5, 0.6) is 0 Å². The smallest absolute Gasteiger partial charge is 0.229 e. The fourth-order valence-electron chi connectivity index (χ4n) is 2.85. The molecule has 0 amide bonds. The molecule has 0 bridgehead atoms. The van der Waals surface area contributed by atoms with Crippen molar-refractivity contribution in [1.82, 2.24) is 10.1 Å². The Morgan fingerprint density at radius 1 is 1.19 bits per heavy atom. The molecule has 0 spiro atoms. The van der Waals surface area contributed by atoms with E-state index in [0.717, 1.165) is 31.7 Å². The fraction of sp³-hybridized carbons (Fsp3) is 0.467. The lowest BCUT2D eigenvalue weighted by Crippen LogP contribution is -2.26. The molecule has 2 atom stereocenters. The fourth-order valence-corrected chi connectivity index (χ4v) is 2.85. The molecule has 0 radical (unpaired) electrons. The lowest BCUT2D eigenvalue weighted by molar-refractivity contribution is 0.297. The van der Waals surface area contributed by atoms with Crippen LogP contribution in [0.25, 0.3) is 0 Å². The second kappa shape index (κ2) is 5.89. The number of hydrogen-bond acceptors (Lipinski definition) is 4. The summed E-state index contributed by atoms with van der Waals surface area (Å²) in [6.07, 6.45) is 4.16. The first-order valence-corrected chi connectivity index (χ1v) is 7.13. The number of hydrogen-bond donors (Lipinski definition) is 1. The lowest BCUT2D eigenvalue weighted by Gasteiger charge is -2.23. The molecule has 3 rings (SSSR count). The summed E-state index contributed by atoms with van der Waals surface area (Å²) in [6, 6.07) is 3.57. The zero-order valence-electron chi connectivity index (χ0n) is 11.6. The number of nitrogens with zero attached hydrogens (tertiary/aromatic N) is 2. The molecule has 1 aliphatic rings. The molecule has 2 N–H and O–H groups in total. The van der Waals surface area contributed by atoms with E-state index >= 15 is 0 Å². The standard InChI is InChI=1S/C15H17F2N3O/c16-11-4-9(5-12(17)8-11)6-14-19-15(21-20-14)10-2-1-3-13(18)7-10/h4-5,8,10,13H,1-3,6-7,18H2. The first kappa shape index (κ1) is 14.1. The summed E-state index contributed by atoms with van der Waals surface area (Å²) in [5, 5.41) is 3.90. The molecular formula is C15H17F2N3O. The van der Waals surface area contributed by atoms with Crippen LogP contribution in [0.3, 0.4) is 0 Å². The van der Waals surface area contributed by atoms with Gasteiger partial charge in [-0.1, -0.05) is 11.6 Å². The topological polar surface area (TPSA) is 64.9 Å². The Bertz CT molecular complexity index is 609. The molecule has 1 aliphatic carbocycles. The Labute approximate surface area is 121 Å². The third-order valence-corrected chi connectivity index (χ3v) is 3.83. The monoisotopic (exact) mass is 293 g/mol. The van der Waals surface area contributed by atoms with Crippen molar-refractivity contribution in [3.63, 3.8) is 0 Å². The largest absolute Gasteiger partial charge is 0.339 e. The van der Waals surface area contributed by atoms with Crippen molar-refractivity contribution in [3.8, 4) is 0 Å². The van der Waals surface area contributed by atoms with Crippen molar-refractivity contribution in [3.05, 3.63) is 47.1 Å². The molecule has 1 saturated carbocycles. The average molecular weight is 293 g/mol. The summed E-state index contributed by atoms with van der Waals surface area (Å²) >= 11 is 0. The van der Waals surface area contributed by atoms with Crippen molar-refractivity contribution in [1.29, 1.82) is 0 Å². The van der Waals surface area contributed by atoms with Gasteiger partial charge >= 0.3 is 0 Å². The minimum atomic E-state index is -0.605. The Kier molecular flexibility index (Phi) is 3.96. The molecule has 2 aromatic rings. The van der Waals surface area contributed by atoms with Crippen molar-refractivity contribution < 1.29 is 13.3 Å². The van der Waals surface area contributed by atoms with Crippen LogP contribution in [-0.4, -0.2) is 16.2 Å². The van der Waals surface area contributed by atoms with Crippen LogP contribution in [0.15, 0.2) is 22.7 Å². The molecule has 21 heavy (non-hydrogen) atoms. The summed E-state index contributed by atoms with van der Waals surface area (Å²) in [7, 11) is 0. The van der Waals surface area contributed by atoms with Gasteiger partial charge in [-0.25, -0.2) is 8.78 Å². The molecule has 0 aliphatic heterocycles. The van der Waals surface area contributed by atoms with Gasteiger partial charge in [0, 0.05) is 24.4 Å². The van der Waals surface area contributed by atoms with Crippen molar-refractivity contribution in [2.75, 3.05) is 0 Å². The highest BCUT2D eigenvalue weighted by Crippen LogP contribution is 2.31. The van der Waals surface area contributed by atoms with Gasteiger partial charge in [0.2, 0.25) is 5.89 Å². The Hall–Kier alpha value is -1.82. The maximum Gasteiger partial charge on any atom is 0.229 e. The minimum absolute atomic E-state index is 0.177. The normalized spacial score (nSPS) is 22.4. The van der Waals surface area contributed by atoms with Crippen molar-refractivity contribution >= 4 is 0 Å². The predicted molar refractivity (Wildman–Crippen MR) is 72.6 cm³/mol. The number of aromatic nitrogens is 2.